The van der Waals surface area contributed by atoms with Crippen molar-refractivity contribution in [2.45, 2.75) is 78.9 Å². The molecule has 0 aromatic rings. The summed E-state index contributed by atoms with van der Waals surface area (Å²) in [5.74, 6) is 0.363. The van der Waals surface area contributed by atoms with E-state index in [2.05, 4.69) is 5.32 Å². The molecule has 0 aliphatic heterocycles. The van der Waals surface area contributed by atoms with Gasteiger partial charge in [0.05, 0.1) is 0 Å². The molecule has 0 bridgehead atoms. The van der Waals surface area contributed by atoms with Crippen LogP contribution in [0.1, 0.15) is 67.2 Å². The number of alkyl carbamates (subject to hydrolysis) is 1. The third-order valence-corrected chi connectivity index (χ3v) is 3.68. The van der Waals surface area contributed by atoms with Crippen LogP contribution in [-0.4, -0.2) is 23.5 Å². The molecule has 1 unspecified atom stereocenters. The summed E-state index contributed by atoms with van der Waals surface area (Å²) in [7, 11) is 0. The van der Waals surface area contributed by atoms with E-state index in [-0.39, 0.29) is 23.0 Å². The second-order valence-corrected chi connectivity index (χ2v) is 8.21. The summed E-state index contributed by atoms with van der Waals surface area (Å²) in [5, 5.41) is 2.80. The number of hydrogen-bond acceptors (Lipinski definition) is 3. The van der Waals surface area contributed by atoms with Gasteiger partial charge in [-0.15, -0.1) is 0 Å². The highest BCUT2D eigenvalue weighted by Gasteiger charge is 2.30. The molecule has 0 spiro atoms. The molecule has 4 nitrogen and oxygen atoms in total. The number of carbonyl (C=O) groups excluding carboxylic acids is 2. The molecule has 4 heteroatoms. The molecule has 2 atom stereocenters. The number of ketones is 1. The Hall–Kier alpha value is -1.32. The summed E-state index contributed by atoms with van der Waals surface area (Å²) < 4.78 is 5.47. The molecule has 1 rings (SSSR count). The first-order valence-electron chi connectivity index (χ1n) is 8.19. The summed E-state index contributed by atoms with van der Waals surface area (Å²) in [6.07, 6.45) is 6.52. The standard InChI is InChI=1S/C18H31NO3/c1-17(2,3)15(20)13-9-7-8-10-14(12-11-13)22-16(21)19-18(4,5)6/h8,10,13-14H,7,9,11-12H2,1-6H3,(H,19,21)/b10-8+/t13-,14?/m0/s1. The minimum absolute atomic E-state index is 0.0572. The minimum Gasteiger partial charge on any atom is -0.442 e. The van der Waals surface area contributed by atoms with Crippen LogP contribution in [0, 0.1) is 11.3 Å². The van der Waals surface area contributed by atoms with E-state index in [1.165, 1.54) is 0 Å². The van der Waals surface area contributed by atoms with Gasteiger partial charge in [0.1, 0.15) is 11.9 Å². The van der Waals surface area contributed by atoms with Crippen LogP contribution in [0.15, 0.2) is 12.2 Å². The smallest absolute Gasteiger partial charge is 0.408 e. The number of nitrogens with one attached hydrogen (secondary N) is 1. The van der Waals surface area contributed by atoms with Gasteiger partial charge in [0, 0.05) is 16.9 Å². The fourth-order valence-corrected chi connectivity index (χ4v) is 2.60. The number of Topliss-reactive ketones (excluding diaryl/α,β-unsaturated/α-hetero) is 1. The molecule has 0 heterocycles. The fourth-order valence-electron chi connectivity index (χ4n) is 2.60. The van der Waals surface area contributed by atoms with Crippen LogP contribution in [0.2, 0.25) is 0 Å². The molecule has 1 N–H and O–H groups in total. The van der Waals surface area contributed by atoms with Crippen molar-refractivity contribution in [2.75, 3.05) is 0 Å². The average molecular weight is 309 g/mol. The van der Waals surface area contributed by atoms with Crippen molar-refractivity contribution < 1.29 is 14.3 Å². The number of carbonyl (C=O) groups is 2. The molecule has 0 saturated carbocycles. The maximum atomic E-state index is 12.5. The Kier molecular flexibility index (Phi) is 6.21. The van der Waals surface area contributed by atoms with Gasteiger partial charge in [-0.05, 0) is 52.5 Å². The van der Waals surface area contributed by atoms with E-state index in [4.69, 9.17) is 4.74 Å². The predicted octanol–water partition coefficient (Wildman–Crippen LogP) is 4.24. The highest BCUT2D eigenvalue weighted by Crippen LogP contribution is 2.29. The van der Waals surface area contributed by atoms with Gasteiger partial charge in [-0.25, -0.2) is 4.79 Å². The van der Waals surface area contributed by atoms with Gasteiger partial charge in [0.2, 0.25) is 0 Å². The molecular weight excluding hydrogens is 278 g/mol. The summed E-state index contributed by atoms with van der Waals surface area (Å²) in [6.45, 7) is 11.7. The topological polar surface area (TPSA) is 55.4 Å². The normalized spacial score (nSPS) is 24.8. The highest BCUT2D eigenvalue weighted by atomic mass is 16.6. The highest BCUT2D eigenvalue weighted by molar-refractivity contribution is 5.85. The maximum absolute atomic E-state index is 12.5. The lowest BCUT2D eigenvalue weighted by Crippen LogP contribution is -2.42. The summed E-state index contributed by atoms with van der Waals surface area (Å²) >= 11 is 0. The Balaban J connectivity index is 2.61. The first-order valence-corrected chi connectivity index (χ1v) is 8.19. The zero-order valence-corrected chi connectivity index (χ0v) is 14.9. The van der Waals surface area contributed by atoms with Gasteiger partial charge >= 0.3 is 6.09 Å². The maximum Gasteiger partial charge on any atom is 0.408 e. The average Bonchev–Trinajstić information content (AvgIpc) is 2.29. The van der Waals surface area contributed by atoms with Gasteiger partial charge in [0.15, 0.2) is 0 Å². The molecule has 1 amide bonds. The molecule has 0 radical (unpaired) electrons. The second kappa shape index (κ2) is 7.30. The lowest BCUT2D eigenvalue weighted by atomic mass is 9.78. The third-order valence-electron chi connectivity index (χ3n) is 3.68. The van der Waals surface area contributed by atoms with Crippen LogP contribution in [-0.2, 0) is 9.53 Å². The Bertz CT molecular complexity index is 427. The predicted molar refractivity (Wildman–Crippen MR) is 88.7 cm³/mol. The van der Waals surface area contributed by atoms with E-state index >= 15 is 0 Å². The number of ether oxygens (including phenoxy) is 1. The van der Waals surface area contributed by atoms with E-state index in [0.29, 0.717) is 12.2 Å². The Morgan fingerprint density at radius 1 is 1.05 bits per heavy atom. The van der Waals surface area contributed by atoms with E-state index in [0.717, 1.165) is 19.3 Å². The largest absolute Gasteiger partial charge is 0.442 e. The van der Waals surface area contributed by atoms with Crippen molar-refractivity contribution in [3.63, 3.8) is 0 Å². The van der Waals surface area contributed by atoms with Crippen molar-refractivity contribution >= 4 is 11.9 Å². The first kappa shape index (κ1) is 18.7. The van der Waals surface area contributed by atoms with Gasteiger partial charge in [-0.1, -0.05) is 26.8 Å². The van der Waals surface area contributed by atoms with E-state index < -0.39 is 6.09 Å². The first-order chi connectivity index (χ1) is 9.99. The van der Waals surface area contributed by atoms with Crippen LogP contribution in [0.3, 0.4) is 0 Å². The molecule has 0 fully saturated rings. The van der Waals surface area contributed by atoms with Crippen LogP contribution in [0.5, 0.6) is 0 Å². The number of allylic oxidation sites excluding steroid dienone is 1. The summed E-state index contributed by atoms with van der Waals surface area (Å²) in [5.41, 5.74) is -0.624. The van der Waals surface area contributed by atoms with Crippen molar-refractivity contribution in [1.29, 1.82) is 0 Å². The number of hydrogen-bond donors (Lipinski definition) is 1. The lowest BCUT2D eigenvalue weighted by Gasteiger charge is -2.27. The molecule has 0 aromatic carbocycles. The van der Waals surface area contributed by atoms with E-state index in [9.17, 15) is 9.59 Å². The second-order valence-electron chi connectivity index (χ2n) is 8.21. The monoisotopic (exact) mass is 309 g/mol. The van der Waals surface area contributed by atoms with E-state index in [1.807, 2.05) is 53.7 Å². The molecule has 22 heavy (non-hydrogen) atoms. The van der Waals surface area contributed by atoms with Crippen LogP contribution < -0.4 is 5.32 Å². The van der Waals surface area contributed by atoms with Crippen molar-refractivity contribution in [1.82, 2.24) is 5.32 Å². The van der Waals surface area contributed by atoms with Crippen molar-refractivity contribution in [3.05, 3.63) is 12.2 Å². The van der Waals surface area contributed by atoms with Crippen LogP contribution >= 0.6 is 0 Å². The third kappa shape index (κ3) is 6.63. The Morgan fingerprint density at radius 2 is 1.68 bits per heavy atom. The molecule has 1 aliphatic carbocycles. The molecule has 0 aromatic heterocycles. The summed E-state index contributed by atoms with van der Waals surface area (Å²) in [4.78, 5) is 24.3. The SMILES string of the molecule is CC(C)(C)NC(=O)OC1/C=C/CC[C@H](C(=O)C(C)(C)C)CC1. The molecule has 126 valence electrons. The van der Waals surface area contributed by atoms with Gasteiger partial charge in [-0.3, -0.25) is 4.79 Å². The van der Waals surface area contributed by atoms with Crippen LogP contribution in [0.25, 0.3) is 0 Å². The minimum atomic E-state index is -0.401. The van der Waals surface area contributed by atoms with Crippen molar-refractivity contribution in [3.8, 4) is 0 Å². The van der Waals surface area contributed by atoms with Crippen molar-refractivity contribution in [2.24, 2.45) is 11.3 Å². The van der Waals surface area contributed by atoms with E-state index in [1.54, 1.807) is 0 Å². The lowest BCUT2D eigenvalue weighted by molar-refractivity contribution is -0.131. The fraction of sp³-hybridized carbons (Fsp3) is 0.778. The number of amides is 1. The molecule has 0 saturated heterocycles. The van der Waals surface area contributed by atoms with Gasteiger partial charge < -0.3 is 10.1 Å². The quantitative estimate of drug-likeness (QED) is 0.776. The van der Waals surface area contributed by atoms with Gasteiger partial charge in [-0.2, -0.15) is 0 Å². The van der Waals surface area contributed by atoms with Crippen LogP contribution in [0.4, 0.5) is 4.79 Å². The Morgan fingerprint density at radius 3 is 2.23 bits per heavy atom. The Labute approximate surface area is 134 Å². The van der Waals surface area contributed by atoms with Gasteiger partial charge in [0.25, 0.3) is 0 Å². The molecular formula is C18H31NO3. The zero-order chi connectivity index (χ0) is 17.0. The number of rotatable bonds is 2. The molecule has 1 aliphatic rings. The zero-order valence-electron chi connectivity index (χ0n) is 14.9. The summed E-state index contributed by atoms with van der Waals surface area (Å²) in [6, 6.07) is 0.